The lowest BCUT2D eigenvalue weighted by atomic mass is 9.96. The second kappa shape index (κ2) is 8.99. The number of ether oxygens (including phenoxy) is 1. The van der Waals surface area contributed by atoms with Crippen molar-refractivity contribution >= 4 is 11.3 Å². The van der Waals surface area contributed by atoms with Crippen LogP contribution in [0.4, 0.5) is 0 Å². The monoisotopic (exact) mass is 401 g/mol. The number of aryl methyl sites for hydroxylation is 2. The van der Waals surface area contributed by atoms with Gasteiger partial charge in [-0.15, -0.1) is 0 Å². The van der Waals surface area contributed by atoms with Gasteiger partial charge in [0.1, 0.15) is 0 Å². The van der Waals surface area contributed by atoms with E-state index in [-0.39, 0.29) is 0 Å². The first-order chi connectivity index (χ1) is 14.5. The van der Waals surface area contributed by atoms with Gasteiger partial charge in [0, 0.05) is 29.9 Å². The van der Waals surface area contributed by atoms with E-state index in [1.165, 1.54) is 33.4 Å². The van der Waals surface area contributed by atoms with Gasteiger partial charge in [-0.2, -0.15) is 0 Å². The molecule has 4 nitrogen and oxygen atoms in total. The standard InChI is InChI=1S/C26H31N3O/c1-18-12-20(14-22(13-18)21-8-10-30-11-9-21)15-28-26(23-7-5-4-6-19(23)2)24-16-29(3)17-25(24)27/h4-8,12-14H,9-11,15-17,27H2,1-3H3. The van der Waals surface area contributed by atoms with Crippen molar-refractivity contribution in [2.45, 2.75) is 26.8 Å². The Bertz CT molecular complexity index is 1030. The van der Waals surface area contributed by atoms with Crippen LogP contribution in [0, 0.1) is 13.8 Å². The van der Waals surface area contributed by atoms with Crippen LogP contribution in [-0.4, -0.2) is 44.0 Å². The highest BCUT2D eigenvalue weighted by Gasteiger charge is 2.23. The topological polar surface area (TPSA) is 50.8 Å². The number of nitrogens with two attached hydrogens (primary N) is 1. The average Bonchev–Trinajstić information content (AvgIpc) is 3.07. The maximum Gasteiger partial charge on any atom is 0.0716 e. The molecule has 0 saturated heterocycles. The second-order valence-electron chi connectivity index (χ2n) is 8.42. The van der Waals surface area contributed by atoms with Crippen LogP contribution in [0.3, 0.4) is 0 Å². The van der Waals surface area contributed by atoms with Crippen molar-refractivity contribution < 1.29 is 4.74 Å². The van der Waals surface area contributed by atoms with Gasteiger partial charge >= 0.3 is 0 Å². The third kappa shape index (κ3) is 4.55. The van der Waals surface area contributed by atoms with Crippen molar-refractivity contribution in [1.82, 2.24) is 4.90 Å². The summed E-state index contributed by atoms with van der Waals surface area (Å²) in [5.74, 6) is 0. The lowest BCUT2D eigenvalue weighted by molar-refractivity contribution is 0.161. The Balaban J connectivity index is 1.70. The van der Waals surface area contributed by atoms with Crippen molar-refractivity contribution in [3.05, 3.63) is 87.6 Å². The third-order valence-corrected chi connectivity index (χ3v) is 5.83. The molecule has 30 heavy (non-hydrogen) atoms. The van der Waals surface area contributed by atoms with Gasteiger partial charge in [0.15, 0.2) is 0 Å². The molecule has 2 N–H and O–H groups in total. The highest BCUT2D eigenvalue weighted by molar-refractivity contribution is 6.14. The van der Waals surface area contributed by atoms with E-state index in [2.05, 4.69) is 74.3 Å². The van der Waals surface area contributed by atoms with Crippen molar-refractivity contribution in [2.24, 2.45) is 10.7 Å². The highest BCUT2D eigenvalue weighted by atomic mass is 16.5. The zero-order valence-corrected chi connectivity index (χ0v) is 18.2. The smallest absolute Gasteiger partial charge is 0.0716 e. The number of nitrogens with zero attached hydrogens (tertiary/aromatic N) is 2. The predicted molar refractivity (Wildman–Crippen MR) is 125 cm³/mol. The lowest BCUT2D eigenvalue weighted by Gasteiger charge is -2.16. The Kier molecular flexibility index (Phi) is 6.16. The van der Waals surface area contributed by atoms with Crippen molar-refractivity contribution in [1.29, 1.82) is 0 Å². The van der Waals surface area contributed by atoms with E-state index in [1.807, 2.05) is 0 Å². The van der Waals surface area contributed by atoms with Gasteiger partial charge in [0.2, 0.25) is 0 Å². The third-order valence-electron chi connectivity index (χ3n) is 5.83. The molecule has 0 aromatic heterocycles. The molecule has 2 heterocycles. The van der Waals surface area contributed by atoms with Gasteiger partial charge < -0.3 is 10.5 Å². The minimum Gasteiger partial charge on any atom is -0.401 e. The van der Waals surface area contributed by atoms with Crippen LogP contribution in [0.5, 0.6) is 0 Å². The van der Waals surface area contributed by atoms with Crippen LogP contribution in [0.1, 0.15) is 34.2 Å². The normalized spacial score (nSPS) is 18.1. The lowest BCUT2D eigenvalue weighted by Crippen LogP contribution is -2.18. The minimum absolute atomic E-state index is 0.641. The molecule has 2 aromatic rings. The number of rotatable bonds is 5. The SMILES string of the molecule is Cc1cc(CN=C(C2=C(N)CN(C)C2)c2ccccc2C)cc(C2=CCOCC2)c1. The fourth-order valence-corrected chi connectivity index (χ4v) is 4.32. The van der Waals surface area contributed by atoms with Crippen LogP contribution >= 0.6 is 0 Å². The minimum atomic E-state index is 0.641. The molecule has 4 heteroatoms. The van der Waals surface area contributed by atoms with E-state index >= 15 is 0 Å². The van der Waals surface area contributed by atoms with E-state index in [0.717, 1.165) is 43.1 Å². The number of aliphatic imine (C=N–C) groups is 1. The Labute approximate surface area is 179 Å². The molecular formula is C26H31N3O. The van der Waals surface area contributed by atoms with Gasteiger partial charge in [0.05, 0.1) is 25.5 Å². The maximum absolute atomic E-state index is 6.41. The first kappa shape index (κ1) is 20.6. The van der Waals surface area contributed by atoms with Crippen LogP contribution in [-0.2, 0) is 11.3 Å². The number of hydrogen-bond donors (Lipinski definition) is 1. The van der Waals surface area contributed by atoms with Crippen molar-refractivity contribution in [3.63, 3.8) is 0 Å². The summed E-state index contributed by atoms with van der Waals surface area (Å²) in [5.41, 5.74) is 17.1. The van der Waals surface area contributed by atoms with Crippen LogP contribution in [0.25, 0.3) is 5.57 Å². The molecule has 0 aliphatic carbocycles. The Hall–Kier alpha value is -2.69. The van der Waals surface area contributed by atoms with Gasteiger partial charge in [0.25, 0.3) is 0 Å². The molecule has 0 spiro atoms. The molecular weight excluding hydrogens is 370 g/mol. The van der Waals surface area contributed by atoms with E-state index in [1.54, 1.807) is 0 Å². The Morgan fingerprint density at radius 1 is 1.13 bits per heavy atom. The summed E-state index contributed by atoms with van der Waals surface area (Å²) >= 11 is 0. The quantitative estimate of drug-likeness (QED) is 0.762. The molecule has 0 bridgehead atoms. The highest BCUT2D eigenvalue weighted by Crippen LogP contribution is 2.25. The van der Waals surface area contributed by atoms with Gasteiger partial charge in [-0.1, -0.05) is 48.0 Å². The fourth-order valence-electron chi connectivity index (χ4n) is 4.32. The molecule has 2 aliphatic heterocycles. The van der Waals surface area contributed by atoms with Gasteiger partial charge in [-0.05, 0) is 55.6 Å². The fraction of sp³-hybridized carbons (Fsp3) is 0.346. The molecule has 0 fully saturated rings. The summed E-state index contributed by atoms with van der Waals surface area (Å²) in [5, 5.41) is 0. The number of likely N-dealkylation sites (N-methyl/N-ethyl adjacent to an activating group) is 1. The maximum atomic E-state index is 6.41. The number of benzene rings is 2. The molecule has 0 saturated carbocycles. The molecule has 156 valence electrons. The molecule has 4 rings (SSSR count). The molecule has 0 radical (unpaired) electrons. The van der Waals surface area contributed by atoms with E-state index in [0.29, 0.717) is 13.2 Å². The largest absolute Gasteiger partial charge is 0.401 e. The Morgan fingerprint density at radius 2 is 1.97 bits per heavy atom. The van der Waals surface area contributed by atoms with E-state index in [9.17, 15) is 0 Å². The van der Waals surface area contributed by atoms with Gasteiger partial charge in [-0.25, -0.2) is 0 Å². The zero-order valence-electron chi connectivity index (χ0n) is 18.2. The van der Waals surface area contributed by atoms with E-state index < -0.39 is 0 Å². The predicted octanol–water partition coefficient (Wildman–Crippen LogP) is 4.25. The Morgan fingerprint density at radius 3 is 2.67 bits per heavy atom. The average molecular weight is 402 g/mol. The van der Waals surface area contributed by atoms with Crippen molar-refractivity contribution in [3.8, 4) is 0 Å². The molecule has 0 atom stereocenters. The summed E-state index contributed by atoms with van der Waals surface area (Å²) in [4.78, 5) is 7.36. The van der Waals surface area contributed by atoms with Crippen LogP contribution in [0.2, 0.25) is 0 Å². The first-order valence-electron chi connectivity index (χ1n) is 10.7. The van der Waals surface area contributed by atoms with Gasteiger partial charge in [-0.3, -0.25) is 9.89 Å². The molecule has 2 aromatic carbocycles. The molecule has 2 aliphatic rings. The molecule has 0 amide bonds. The summed E-state index contributed by atoms with van der Waals surface area (Å²) < 4.78 is 5.48. The molecule has 0 unspecified atom stereocenters. The van der Waals surface area contributed by atoms with Crippen LogP contribution < -0.4 is 5.73 Å². The summed E-state index contributed by atoms with van der Waals surface area (Å²) in [6.45, 7) is 8.08. The first-order valence-corrected chi connectivity index (χ1v) is 10.7. The summed E-state index contributed by atoms with van der Waals surface area (Å²) in [6.07, 6.45) is 3.17. The summed E-state index contributed by atoms with van der Waals surface area (Å²) in [7, 11) is 2.10. The van der Waals surface area contributed by atoms with Crippen molar-refractivity contribution in [2.75, 3.05) is 33.4 Å². The van der Waals surface area contributed by atoms with Crippen LogP contribution in [0.15, 0.2) is 64.8 Å². The number of hydrogen-bond acceptors (Lipinski definition) is 4. The van der Waals surface area contributed by atoms with E-state index in [4.69, 9.17) is 15.5 Å². The zero-order chi connectivity index (χ0) is 21.1. The second-order valence-corrected chi connectivity index (χ2v) is 8.42. The summed E-state index contributed by atoms with van der Waals surface area (Å²) in [6, 6.07) is 15.2.